The van der Waals surface area contributed by atoms with Gasteiger partial charge >= 0.3 is 186 Å². The zero-order valence-corrected chi connectivity index (χ0v) is 19.2. The first-order valence-electron chi connectivity index (χ1n) is 9.58. The molecule has 0 unspecified atom stereocenters. The van der Waals surface area contributed by atoms with Gasteiger partial charge in [0.15, 0.2) is 0 Å². The van der Waals surface area contributed by atoms with Crippen molar-refractivity contribution in [2.45, 2.75) is 0 Å². The summed E-state index contributed by atoms with van der Waals surface area (Å²) < 4.78 is 117. The van der Waals surface area contributed by atoms with Gasteiger partial charge in [0.05, 0.1) is 0 Å². The molecule has 1 aliphatic heterocycles. The predicted octanol–water partition coefficient (Wildman–Crippen LogP) is 4.16. The molecule has 4 aromatic carbocycles. The number of fused-ring (bicyclic) bond motifs is 3. The molecule has 1 aliphatic rings. The summed E-state index contributed by atoms with van der Waals surface area (Å²) in [6, 6.07) is 14.7. The van der Waals surface area contributed by atoms with E-state index in [1.54, 1.807) is 12.1 Å². The molecule has 0 aromatic heterocycles. The van der Waals surface area contributed by atoms with Crippen LogP contribution >= 0.6 is 0 Å². The third kappa shape index (κ3) is 2.70. The molecule has 9 heteroatoms. The van der Waals surface area contributed by atoms with Crippen LogP contribution in [0.4, 0.5) is 35.1 Å². The number of halogens is 8. The molecule has 0 fully saturated rings. The van der Waals surface area contributed by atoms with Crippen LogP contribution in [0.15, 0.2) is 60.7 Å². The Morgan fingerprint density at radius 2 is 0.667 bits per heavy atom. The molecular weight excluding hydrogens is 559 g/mol. The van der Waals surface area contributed by atoms with E-state index in [0.29, 0.717) is 0 Å². The van der Waals surface area contributed by atoms with Crippen molar-refractivity contribution in [1.29, 1.82) is 0 Å². The Hall–Kier alpha value is -2.88. The standard InChI is InChI=1S/C12F8.2C6H5.Sn/c13-5-1-3(7(15)11(19)9(5)17)4-2-6(14)10(18)12(20)8(4)16;2*1-2-4-6-5-3-1;/h;2*1-5H;. The summed E-state index contributed by atoms with van der Waals surface area (Å²) in [5.74, 6) is -16.6. The molecule has 0 radical (unpaired) electrons. The van der Waals surface area contributed by atoms with Crippen molar-refractivity contribution in [2.24, 2.45) is 0 Å². The van der Waals surface area contributed by atoms with Gasteiger partial charge in [0.2, 0.25) is 0 Å². The number of hydrogen-bond donors (Lipinski definition) is 0. The Kier molecular flexibility index (Phi) is 5.04. The van der Waals surface area contributed by atoms with Crippen molar-refractivity contribution < 1.29 is 35.1 Å². The normalized spacial score (nSPS) is 13.7. The predicted molar refractivity (Wildman–Crippen MR) is 109 cm³/mol. The van der Waals surface area contributed by atoms with Gasteiger partial charge in [-0.3, -0.25) is 0 Å². The second-order valence-corrected chi connectivity index (χ2v) is 17.9. The van der Waals surface area contributed by atoms with Gasteiger partial charge in [-0.2, -0.15) is 0 Å². The molecule has 0 amide bonds. The molecular formula is C24H10F8Sn. The van der Waals surface area contributed by atoms with Crippen molar-refractivity contribution >= 4 is 32.7 Å². The fourth-order valence-electron chi connectivity index (χ4n) is 4.68. The summed E-state index contributed by atoms with van der Waals surface area (Å²) in [5.41, 5.74) is -2.25. The van der Waals surface area contributed by atoms with Crippen LogP contribution in [0, 0.1) is 46.5 Å². The topological polar surface area (TPSA) is 0 Å². The Labute approximate surface area is 186 Å². The van der Waals surface area contributed by atoms with Crippen molar-refractivity contribution in [3.8, 4) is 11.1 Å². The Bertz CT molecular complexity index is 1320. The van der Waals surface area contributed by atoms with Crippen molar-refractivity contribution in [2.75, 3.05) is 0 Å². The van der Waals surface area contributed by atoms with E-state index in [4.69, 9.17) is 0 Å². The van der Waals surface area contributed by atoms with Gasteiger partial charge in [-0.1, -0.05) is 0 Å². The summed E-state index contributed by atoms with van der Waals surface area (Å²) in [7, 11) is 0. The van der Waals surface area contributed by atoms with E-state index >= 15 is 17.6 Å². The number of benzene rings is 4. The first-order valence-corrected chi connectivity index (χ1v) is 15.3. The minimum absolute atomic E-state index is 0.173. The molecule has 166 valence electrons. The molecule has 33 heavy (non-hydrogen) atoms. The van der Waals surface area contributed by atoms with E-state index in [-0.39, 0.29) is 7.16 Å². The average molecular weight is 569 g/mol. The third-order valence-electron chi connectivity index (χ3n) is 5.95. The van der Waals surface area contributed by atoms with Gasteiger partial charge in [0.1, 0.15) is 0 Å². The van der Waals surface area contributed by atoms with Gasteiger partial charge < -0.3 is 0 Å². The summed E-state index contributed by atoms with van der Waals surface area (Å²) in [5, 5.41) is 0. The van der Waals surface area contributed by atoms with Gasteiger partial charge in [0.25, 0.3) is 0 Å². The first kappa shape index (κ1) is 21.9. The Morgan fingerprint density at radius 3 is 1.00 bits per heavy atom. The third-order valence-corrected chi connectivity index (χ3v) is 19.8. The molecule has 1 heterocycles. The van der Waals surface area contributed by atoms with E-state index in [1.165, 1.54) is 48.5 Å². The summed E-state index contributed by atoms with van der Waals surface area (Å²) in [4.78, 5) is 0. The molecule has 0 saturated carbocycles. The Morgan fingerprint density at radius 1 is 0.364 bits per heavy atom. The second-order valence-electron chi connectivity index (χ2n) is 7.49. The fourth-order valence-corrected chi connectivity index (χ4v) is 19.6. The van der Waals surface area contributed by atoms with Crippen LogP contribution in [0.5, 0.6) is 0 Å². The molecule has 0 aliphatic carbocycles. The first-order chi connectivity index (χ1) is 15.7. The minimum atomic E-state index is -5.64. The van der Waals surface area contributed by atoms with Crippen molar-refractivity contribution in [3.05, 3.63) is 107 Å². The van der Waals surface area contributed by atoms with Gasteiger partial charge in [0, 0.05) is 0 Å². The molecule has 0 nitrogen and oxygen atoms in total. The molecule has 0 atom stereocenters. The van der Waals surface area contributed by atoms with Crippen LogP contribution in [-0.4, -0.2) is 18.4 Å². The van der Waals surface area contributed by atoms with E-state index in [1.807, 2.05) is 0 Å². The van der Waals surface area contributed by atoms with Crippen molar-refractivity contribution in [3.63, 3.8) is 0 Å². The van der Waals surface area contributed by atoms with E-state index in [0.717, 1.165) is 0 Å². The van der Waals surface area contributed by atoms with Crippen LogP contribution in [0.3, 0.4) is 0 Å². The summed E-state index contributed by atoms with van der Waals surface area (Å²) in [6.07, 6.45) is 0. The van der Waals surface area contributed by atoms with Gasteiger partial charge in [-0.05, 0) is 0 Å². The molecule has 0 spiro atoms. The SMILES string of the molecule is Fc1c(F)c(F)[c]2c(c1F)-c1c(F)c(F)c(F)c(F)[c]1[Sn]2([c]1ccccc1)[c]1ccccc1. The Balaban J connectivity index is 2.16. The van der Waals surface area contributed by atoms with Crippen LogP contribution in [-0.2, 0) is 0 Å². The zero-order chi connectivity index (χ0) is 23.7. The van der Waals surface area contributed by atoms with E-state index < -0.39 is 83.2 Å². The zero-order valence-electron chi connectivity index (χ0n) is 16.3. The van der Waals surface area contributed by atoms with Crippen LogP contribution in [0.25, 0.3) is 11.1 Å². The number of rotatable bonds is 2. The molecule has 0 N–H and O–H groups in total. The molecule has 0 bridgehead atoms. The quantitative estimate of drug-likeness (QED) is 0.130. The summed E-state index contributed by atoms with van der Waals surface area (Å²) in [6.45, 7) is 0. The van der Waals surface area contributed by atoms with Gasteiger partial charge in [-0.15, -0.1) is 0 Å². The van der Waals surface area contributed by atoms with Crippen LogP contribution < -0.4 is 14.3 Å². The molecule has 4 aromatic rings. The van der Waals surface area contributed by atoms with E-state index in [2.05, 4.69) is 0 Å². The molecule has 0 saturated heterocycles. The fraction of sp³-hybridized carbons (Fsp3) is 0. The van der Waals surface area contributed by atoms with Crippen molar-refractivity contribution in [1.82, 2.24) is 0 Å². The average Bonchev–Trinajstić information content (AvgIpc) is 3.17. The van der Waals surface area contributed by atoms with Gasteiger partial charge in [-0.25, -0.2) is 0 Å². The molecule has 5 rings (SSSR count). The van der Waals surface area contributed by atoms with Crippen LogP contribution in [0.1, 0.15) is 0 Å². The maximum absolute atomic E-state index is 15.5. The maximum atomic E-state index is 15.5. The summed E-state index contributed by atoms with van der Waals surface area (Å²) >= 11 is -5.64. The second kappa shape index (κ2) is 7.58. The monoisotopic (exact) mass is 570 g/mol. The number of hydrogen-bond acceptors (Lipinski definition) is 0. The van der Waals surface area contributed by atoms with E-state index in [9.17, 15) is 17.6 Å². The van der Waals surface area contributed by atoms with Crippen LogP contribution in [0.2, 0.25) is 0 Å².